The third kappa shape index (κ3) is 3.40. The third-order valence-corrected chi connectivity index (χ3v) is 3.28. The van der Waals surface area contributed by atoms with Crippen LogP contribution in [0.15, 0.2) is 29.4 Å². The SMILES string of the molecule is CC(CC(N)=NO)NC(=O)C1COc2ccccc2C1. The number of fused-ring (bicyclic) bond motifs is 1. The zero-order chi connectivity index (χ0) is 14.5. The summed E-state index contributed by atoms with van der Waals surface area (Å²) in [5.74, 6) is 0.668. The van der Waals surface area contributed by atoms with Crippen molar-refractivity contribution in [2.75, 3.05) is 6.61 Å². The Hall–Kier alpha value is -2.24. The molecule has 0 saturated heterocycles. The molecule has 0 saturated carbocycles. The van der Waals surface area contributed by atoms with Crippen molar-refractivity contribution >= 4 is 11.7 Å². The minimum atomic E-state index is -0.209. The molecule has 6 nitrogen and oxygen atoms in total. The number of carbonyl (C=O) groups excluding carboxylic acids is 1. The van der Waals surface area contributed by atoms with Gasteiger partial charge in [-0.2, -0.15) is 0 Å². The summed E-state index contributed by atoms with van der Waals surface area (Å²) < 4.78 is 5.59. The first-order valence-corrected chi connectivity index (χ1v) is 6.57. The average Bonchev–Trinajstić information content (AvgIpc) is 2.46. The third-order valence-electron chi connectivity index (χ3n) is 3.28. The quantitative estimate of drug-likeness (QED) is 0.329. The fraction of sp³-hybridized carbons (Fsp3) is 0.429. The van der Waals surface area contributed by atoms with Crippen molar-refractivity contribution in [3.8, 4) is 5.75 Å². The van der Waals surface area contributed by atoms with Crippen molar-refractivity contribution in [2.24, 2.45) is 16.8 Å². The number of carbonyl (C=O) groups is 1. The second kappa shape index (κ2) is 6.27. The number of ether oxygens (including phenoxy) is 1. The van der Waals surface area contributed by atoms with Crippen LogP contribution in [-0.4, -0.2) is 29.6 Å². The van der Waals surface area contributed by atoms with Crippen molar-refractivity contribution in [2.45, 2.75) is 25.8 Å². The summed E-state index contributed by atoms with van der Waals surface area (Å²) in [6.07, 6.45) is 0.977. The molecule has 20 heavy (non-hydrogen) atoms. The van der Waals surface area contributed by atoms with Crippen LogP contribution in [0, 0.1) is 5.92 Å². The summed E-state index contributed by atoms with van der Waals surface area (Å²) in [4.78, 5) is 12.2. The predicted molar refractivity (Wildman–Crippen MR) is 74.8 cm³/mol. The molecule has 4 N–H and O–H groups in total. The van der Waals surface area contributed by atoms with E-state index in [9.17, 15) is 4.79 Å². The number of rotatable bonds is 4. The van der Waals surface area contributed by atoms with Crippen molar-refractivity contribution in [3.63, 3.8) is 0 Å². The van der Waals surface area contributed by atoms with Crippen molar-refractivity contribution in [1.29, 1.82) is 0 Å². The zero-order valence-corrected chi connectivity index (χ0v) is 11.4. The molecule has 6 heteroatoms. The molecule has 0 aliphatic carbocycles. The molecule has 2 atom stereocenters. The van der Waals surface area contributed by atoms with Crippen molar-refractivity contribution in [3.05, 3.63) is 29.8 Å². The molecule has 1 heterocycles. The highest BCUT2D eigenvalue weighted by molar-refractivity contribution is 5.83. The number of nitrogens with two attached hydrogens (primary N) is 1. The minimum absolute atomic E-state index is 0.0715. The van der Waals surface area contributed by atoms with Crippen LogP contribution >= 0.6 is 0 Å². The number of nitrogens with one attached hydrogen (secondary N) is 1. The molecular weight excluding hydrogens is 258 g/mol. The molecule has 0 spiro atoms. The van der Waals surface area contributed by atoms with Gasteiger partial charge in [0.05, 0.1) is 5.92 Å². The van der Waals surface area contributed by atoms with E-state index in [0.29, 0.717) is 19.4 Å². The number of hydrogen-bond acceptors (Lipinski definition) is 4. The maximum absolute atomic E-state index is 12.2. The van der Waals surface area contributed by atoms with Gasteiger partial charge in [-0.3, -0.25) is 4.79 Å². The number of para-hydroxylation sites is 1. The minimum Gasteiger partial charge on any atom is -0.492 e. The molecule has 0 fully saturated rings. The van der Waals surface area contributed by atoms with Crippen LogP contribution in [0.5, 0.6) is 5.75 Å². The van der Waals surface area contributed by atoms with Crippen molar-refractivity contribution in [1.82, 2.24) is 5.32 Å². The Morgan fingerprint density at radius 2 is 2.35 bits per heavy atom. The van der Waals surface area contributed by atoms with Crippen LogP contribution < -0.4 is 15.8 Å². The van der Waals surface area contributed by atoms with Gasteiger partial charge in [-0.15, -0.1) is 0 Å². The Balaban J connectivity index is 1.91. The predicted octanol–water partition coefficient (Wildman–Crippen LogP) is 0.879. The molecule has 0 aromatic heterocycles. The molecule has 2 rings (SSSR count). The molecule has 0 bridgehead atoms. The van der Waals surface area contributed by atoms with Gasteiger partial charge < -0.3 is 21.0 Å². The lowest BCUT2D eigenvalue weighted by Crippen LogP contribution is -2.42. The Labute approximate surface area is 117 Å². The van der Waals surface area contributed by atoms with Crippen LogP contribution in [0.25, 0.3) is 0 Å². The van der Waals surface area contributed by atoms with Gasteiger partial charge in [-0.05, 0) is 25.0 Å². The van der Waals surface area contributed by atoms with E-state index in [4.69, 9.17) is 15.7 Å². The van der Waals surface area contributed by atoms with E-state index in [1.54, 1.807) is 0 Å². The largest absolute Gasteiger partial charge is 0.492 e. The highest BCUT2D eigenvalue weighted by atomic mass is 16.5. The first-order valence-electron chi connectivity index (χ1n) is 6.57. The van der Waals surface area contributed by atoms with Crippen LogP contribution in [-0.2, 0) is 11.2 Å². The van der Waals surface area contributed by atoms with E-state index < -0.39 is 0 Å². The van der Waals surface area contributed by atoms with E-state index in [-0.39, 0.29) is 23.7 Å². The van der Waals surface area contributed by atoms with Crippen LogP contribution in [0.2, 0.25) is 0 Å². The van der Waals surface area contributed by atoms with Crippen LogP contribution in [0.3, 0.4) is 0 Å². The summed E-state index contributed by atoms with van der Waals surface area (Å²) in [5, 5.41) is 14.3. The highest BCUT2D eigenvalue weighted by Gasteiger charge is 2.26. The summed E-state index contributed by atoms with van der Waals surface area (Å²) in [7, 11) is 0. The zero-order valence-electron chi connectivity index (χ0n) is 11.4. The normalized spacial score (nSPS) is 19.6. The van der Waals surface area contributed by atoms with E-state index in [1.807, 2.05) is 31.2 Å². The van der Waals surface area contributed by atoms with Gasteiger partial charge >= 0.3 is 0 Å². The number of hydrogen-bond donors (Lipinski definition) is 3. The maximum atomic E-state index is 12.2. The molecule has 1 aliphatic heterocycles. The van der Waals surface area contributed by atoms with Gasteiger partial charge in [0.15, 0.2) is 0 Å². The Morgan fingerprint density at radius 3 is 3.10 bits per heavy atom. The summed E-state index contributed by atoms with van der Waals surface area (Å²) in [6.45, 7) is 2.19. The van der Waals surface area contributed by atoms with Gasteiger partial charge in [-0.25, -0.2) is 0 Å². The van der Waals surface area contributed by atoms with E-state index in [1.165, 1.54) is 0 Å². The Morgan fingerprint density at radius 1 is 1.60 bits per heavy atom. The molecule has 0 radical (unpaired) electrons. The summed E-state index contributed by atoms with van der Waals surface area (Å²) in [5.41, 5.74) is 6.46. The van der Waals surface area contributed by atoms with Gasteiger partial charge in [-0.1, -0.05) is 23.4 Å². The fourth-order valence-corrected chi connectivity index (χ4v) is 2.26. The first kappa shape index (κ1) is 14.2. The Kier molecular flexibility index (Phi) is 4.45. The number of amides is 1. The average molecular weight is 277 g/mol. The number of nitrogens with zero attached hydrogens (tertiary/aromatic N) is 1. The lowest BCUT2D eigenvalue weighted by Gasteiger charge is -2.25. The smallest absolute Gasteiger partial charge is 0.227 e. The maximum Gasteiger partial charge on any atom is 0.227 e. The van der Waals surface area contributed by atoms with Gasteiger partial charge in [0, 0.05) is 12.5 Å². The van der Waals surface area contributed by atoms with E-state index >= 15 is 0 Å². The lowest BCUT2D eigenvalue weighted by molar-refractivity contribution is -0.126. The first-order chi connectivity index (χ1) is 9.60. The number of benzene rings is 1. The molecule has 2 unspecified atom stereocenters. The lowest BCUT2D eigenvalue weighted by atomic mass is 9.95. The topological polar surface area (TPSA) is 96.9 Å². The van der Waals surface area contributed by atoms with Crippen molar-refractivity contribution < 1.29 is 14.7 Å². The molecule has 1 aromatic carbocycles. The van der Waals surface area contributed by atoms with Gasteiger partial charge in [0.1, 0.15) is 18.2 Å². The van der Waals surface area contributed by atoms with Crippen LogP contribution in [0.1, 0.15) is 18.9 Å². The summed E-state index contributed by atoms with van der Waals surface area (Å²) in [6, 6.07) is 7.54. The molecule has 1 aromatic rings. The standard InChI is InChI=1S/C14H19N3O3/c1-9(6-13(15)17-19)16-14(18)11-7-10-4-2-3-5-12(10)20-8-11/h2-5,9,11,19H,6-8H2,1H3,(H2,15,17)(H,16,18). The second-order valence-corrected chi connectivity index (χ2v) is 5.02. The number of oxime groups is 1. The van der Waals surface area contributed by atoms with Gasteiger partial charge in [0.25, 0.3) is 0 Å². The van der Waals surface area contributed by atoms with Gasteiger partial charge in [0.2, 0.25) is 5.91 Å². The number of amidine groups is 1. The van der Waals surface area contributed by atoms with E-state index in [2.05, 4.69) is 10.5 Å². The highest BCUT2D eigenvalue weighted by Crippen LogP contribution is 2.26. The molecule has 1 amide bonds. The molecule has 1 aliphatic rings. The second-order valence-electron chi connectivity index (χ2n) is 5.02. The fourth-order valence-electron chi connectivity index (χ4n) is 2.26. The molecular formula is C14H19N3O3. The molecule has 108 valence electrons. The van der Waals surface area contributed by atoms with E-state index in [0.717, 1.165) is 11.3 Å². The Bertz CT molecular complexity index is 516. The van der Waals surface area contributed by atoms with Crippen LogP contribution in [0.4, 0.5) is 0 Å². The summed E-state index contributed by atoms with van der Waals surface area (Å²) >= 11 is 0. The monoisotopic (exact) mass is 277 g/mol.